The van der Waals surface area contributed by atoms with Crippen LogP contribution in [0.1, 0.15) is 28.9 Å². The number of benzene rings is 1. The molecular weight excluding hydrogens is 278 g/mol. The van der Waals surface area contributed by atoms with Crippen molar-refractivity contribution in [3.63, 3.8) is 0 Å². The molecule has 0 spiro atoms. The molecule has 3 rings (SSSR count). The van der Waals surface area contributed by atoms with Crippen molar-refractivity contribution in [3.05, 3.63) is 41.7 Å². The Labute approximate surface area is 130 Å². The van der Waals surface area contributed by atoms with E-state index in [2.05, 4.69) is 15.6 Å². The molecule has 1 aromatic carbocycles. The predicted molar refractivity (Wildman–Crippen MR) is 84.1 cm³/mol. The van der Waals surface area contributed by atoms with Gasteiger partial charge in [0, 0.05) is 19.1 Å². The number of carbonyl (C=O) groups excluding carboxylic acids is 1. The summed E-state index contributed by atoms with van der Waals surface area (Å²) in [4.78, 5) is 14.3. The van der Waals surface area contributed by atoms with Crippen molar-refractivity contribution in [1.29, 1.82) is 0 Å². The van der Waals surface area contributed by atoms with Crippen LogP contribution >= 0.6 is 0 Å². The Kier molecular flexibility index (Phi) is 4.20. The van der Waals surface area contributed by atoms with Crippen molar-refractivity contribution in [2.24, 2.45) is 0 Å². The van der Waals surface area contributed by atoms with Crippen LogP contribution in [0.25, 0.3) is 5.69 Å². The van der Waals surface area contributed by atoms with Crippen LogP contribution in [-0.2, 0) is 0 Å². The number of piperidine rings is 1. The van der Waals surface area contributed by atoms with Crippen LogP contribution in [0, 0.1) is 6.92 Å². The lowest BCUT2D eigenvalue weighted by molar-refractivity contribution is 0.0701. The minimum atomic E-state index is -0.0343. The minimum absolute atomic E-state index is 0.0343. The monoisotopic (exact) mass is 299 g/mol. The molecule has 1 aromatic heterocycles. The highest BCUT2D eigenvalue weighted by atomic mass is 16.2. The lowest BCUT2D eigenvalue weighted by Gasteiger charge is -2.31. The van der Waals surface area contributed by atoms with E-state index in [-0.39, 0.29) is 5.91 Å². The van der Waals surface area contributed by atoms with Gasteiger partial charge in [-0.1, -0.05) is 22.9 Å². The molecule has 0 radical (unpaired) electrons. The Morgan fingerprint density at radius 2 is 1.91 bits per heavy atom. The van der Waals surface area contributed by atoms with E-state index in [0.29, 0.717) is 11.7 Å². The van der Waals surface area contributed by atoms with E-state index in [4.69, 9.17) is 0 Å². The number of nitrogens with one attached hydrogen (secondary N) is 1. The van der Waals surface area contributed by atoms with Gasteiger partial charge in [-0.05, 0) is 38.9 Å². The average molecular weight is 299 g/mol. The molecule has 0 bridgehead atoms. The third-order valence-corrected chi connectivity index (χ3v) is 4.20. The van der Waals surface area contributed by atoms with Gasteiger partial charge in [-0.2, -0.15) is 0 Å². The Morgan fingerprint density at radius 1 is 1.23 bits per heavy atom. The molecule has 1 aliphatic rings. The maximum absolute atomic E-state index is 12.5. The number of carbonyl (C=O) groups is 1. The first-order chi connectivity index (χ1) is 10.7. The molecule has 0 aliphatic carbocycles. The summed E-state index contributed by atoms with van der Waals surface area (Å²) in [6.45, 7) is 3.57. The van der Waals surface area contributed by atoms with Crippen molar-refractivity contribution in [3.8, 4) is 5.69 Å². The van der Waals surface area contributed by atoms with Crippen molar-refractivity contribution in [1.82, 2.24) is 25.2 Å². The van der Waals surface area contributed by atoms with E-state index in [1.807, 2.05) is 43.1 Å². The number of aryl methyl sites for hydroxylation is 1. The molecule has 116 valence electrons. The summed E-state index contributed by atoms with van der Waals surface area (Å²) in [5, 5.41) is 11.4. The number of hydrogen-bond acceptors (Lipinski definition) is 4. The number of hydrogen-bond donors (Lipinski definition) is 1. The predicted octanol–water partition coefficient (Wildman–Crippen LogP) is 1.40. The summed E-state index contributed by atoms with van der Waals surface area (Å²) in [5.41, 5.74) is 2.50. The number of amides is 1. The molecule has 1 N–H and O–H groups in total. The molecule has 1 amide bonds. The molecule has 1 aliphatic heterocycles. The zero-order valence-corrected chi connectivity index (χ0v) is 13.0. The summed E-state index contributed by atoms with van der Waals surface area (Å²) in [6, 6.07) is 8.47. The van der Waals surface area contributed by atoms with Gasteiger partial charge in [-0.3, -0.25) is 4.79 Å². The van der Waals surface area contributed by atoms with Crippen LogP contribution in [0.5, 0.6) is 0 Å². The average Bonchev–Trinajstić information content (AvgIpc) is 3.05. The topological polar surface area (TPSA) is 63.1 Å². The van der Waals surface area contributed by atoms with E-state index in [9.17, 15) is 4.79 Å². The molecule has 2 heterocycles. The fourth-order valence-electron chi connectivity index (χ4n) is 2.72. The molecule has 6 nitrogen and oxygen atoms in total. The SMILES string of the molecule is CNC1CCN(C(=O)c2cn(-c3ccc(C)cc3)nn2)CC1. The molecule has 22 heavy (non-hydrogen) atoms. The first kappa shape index (κ1) is 14.7. The second-order valence-electron chi connectivity index (χ2n) is 5.74. The Hall–Kier alpha value is -2.21. The second-order valence-corrected chi connectivity index (χ2v) is 5.74. The highest BCUT2D eigenvalue weighted by Crippen LogP contribution is 2.14. The van der Waals surface area contributed by atoms with Gasteiger partial charge in [-0.25, -0.2) is 4.68 Å². The fourth-order valence-corrected chi connectivity index (χ4v) is 2.72. The normalized spacial score (nSPS) is 16.0. The standard InChI is InChI=1S/C16H21N5O/c1-12-3-5-14(6-4-12)21-11-15(18-19-21)16(22)20-9-7-13(17-2)8-10-20/h3-6,11,13,17H,7-10H2,1-2H3. The van der Waals surface area contributed by atoms with E-state index < -0.39 is 0 Å². The molecule has 1 saturated heterocycles. The van der Waals surface area contributed by atoms with Crippen molar-refractivity contribution in [2.75, 3.05) is 20.1 Å². The molecule has 6 heteroatoms. The van der Waals surface area contributed by atoms with Gasteiger partial charge in [0.1, 0.15) is 0 Å². The van der Waals surface area contributed by atoms with E-state index >= 15 is 0 Å². The maximum atomic E-state index is 12.5. The van der Waals surface area contributed by atoms with Crippen LogP contribution in [0.2, 0.25) is 0 Å². The quantitative estimate of drug-likeness (QED) is 0.930. The largest absolute Gasteiger partial charge is 0.337 e. The number of nitrogens with zero attached hydrogens (tertiary/aromatic N) is 4. The number of likely N-dealkylation sites (tertiary alicyclic amines) is 1. The minimum Gasteiger partial charge on any atom is -0.337 e. The molecule has 1 fully saturated rings. The zero-order chi connectivity index (χ0) is 15.5. The summed E-state index contributed by atoms with van der Waals surface area (Å²) >= 11 is 0. The third-order valence-electron chi connectivity index (χ3n) is 4.20. The first-order valence-electron chi connectivity index (χ1n) is 7.63. The van der Waals surface area contributed by atoms with Crippen molar-refractivity contribution < 1.29 is 4.79 Å². The van der Waals surface area contributed by atoms with Gasteiger partial charge in [0.05, 0.1) is 11.9 Å². The van der Waals surface area contributed by atoms with E-state index in [1.165, 1.54) is 5.56 Å². The molecular formula is C16H21N5O. The number of aromatic nitrogens is 3. The lowest BCUT2D eigenvalue weighted by Crippen LogP contribution is -2.44. The fraction of sp³-hybridized carbons (Fsp3) is 0.438. The van der Waals surface area contributed by atoms with Gasteiger partial charge >= 0.3 is 0 Å². The van der Waals surface area contributed by atoms with E-state index in [1.54, 1.807) is 10.9 Å². The molecule has 2 aromatic rings. The van der Waals surface area contributed by atoms with Gasteiger partial charge in [0.25, 0.3) is 5.91 Å². The third kappa shape index (κ3) is 3.01. The first-order valence-corrected chi connectivity index (χ1v) is 7.63. The van der Waals surface area contributed by atoms with Gasteiger partial charge in [0.15, 0.2) is 5.69 Å². The molecule has 0 saturated carbocycles. The van der Waals surface area contributed by atoms with Crippen LogP contribution in [-0.4, -0.2) is 52.0 Å². The zero-order valence-electron chi connectivity index (χ0n) is 13.0. The van der Waals surface area contributed by atoms with Gasteiger partial charge in [0.2, 0.25) is 0 Å². The molecule has 0 atom stereocenters. The van der Waals surface area contributed by atoms with Crippen molar-refractivity contribution in [2.45, 2.75) is 25.8 Å². The highest BCUT2D eigenvalue weighted by molar-refractivity contribution is 5.92. The van der Waals surface area contributed by atoms with Gasteiger partial charge in [-0.15, -0.1) is 5.10 Å². The summed E-state index contributed by atoms with van der Waals surface area (Å²) in [5.74, 6) is -0.0343. The van der Waals surface area contributed by atoms with Crippen molar-refractivity contribution >= 4 is 5.91 Å². The van der Waals surface area contributed by atoms with Crippen LogP contribution < -0.4 is 5.32 Å². The van der Waals surface area contributed by atoms with Crippen LogP contribution in [0.15, 0.2) is 30.5 Å². The van der Waals surface area contributed by atoms with Crippen LogP contribution in [0.3, 0.4) is 0 Å². The Balaban J connectivity index is 1.71. The summed E-state index contributed by atoms with van der Waals surface area (Å²) < 4.78 is 1.65. The van der Waals surface area contributed by atoms with E-state index in [0.717, 1.165) is 31.6 Å². The maximum Gasteiger partial charge on any atom is 0.276 e. The van der Waals surface area contributed by atoms with Crippen LogP contribution in [0.4, 0.5) is 0 Å². The summed E-state index contributed by atoms with van der Waals surface area (Å²) in [6.07, 6.45) is 3.67. The highest BCUT2D eigenvalue weighted by Gasteiger charge is 2.24. The molecule has 0 unspecified atom stereocenters. The second kappa shape index (κ2) is 6.27. The lowest BCUT2D eigenvalue weighted by atomic mass is 10.1. The van der Waals surface area contributed by atoms with Gasteiger partial charge < -0.3 is 10.2 Å². The smallest absolute Gasteiger partial charge is 0.276 e. The summed E-state index contributed by atoms with van der Waals surface area (Å²) in [7, 11) is 1.97. The number of rotatable bonds is 3. The Morgan fingerprint density at radius 3 is 2.55 bits per heavy atom. The Bertz CT molecular complexity index is 641.